The number of hydrogen-bond acceptors (Lipinski definition) is 4. The SMILES string of the molecule is CCCCOC(=O)c1cc(N)ccc1Cc1ccc(N)cc1. The van der Waals surface area contributed by atoms with Crippen LogP contribution in [0.15, 0.2) is 42.5 Å². The summed E-state index contributed by atoms with van der Waals surface area (Å²) in [5.41, 5.74) is 15.3. The van der Waals surface area contributed by atoms with E-state index in [-0.39, 0.29) is 5.97 Å². The molecule has 0 atom stereocenters. The smallest absolute Gasteiger partial charge is 0.338 e. The predicted octanol–water partition coefficient (Wildman–Crippen LogP) is 3.40. The first kappa shape index (κ1) is 15.9. The number of carbonyl (C=O) groups is 1. The first-order valence-electron chi connectivity index (χ1n) is 7.50. The Hall–Kier alpha value is -2.49. The quantitative estimate of drug-likeness (QED) is 0.487. The number of anilines is 2. The molecular formula is C18H22N2O2. The standard InChI is InChI=1S/C18H22N2O2/c1-2-3-10-22-18(21)17-12-16(20)9-6-14(17)11-13-4-7-15(19)8-5-13/h4-9,12H,2-3,10-11,19-20H2,1H3. The van der Waals surface area contributed by atoms with Crippen LogP contribution in [0.3, 0.4) is 0 Å². The van der Waals surface area contributed by atoms with Gasteiger partial charge in [-0.25, -0.2) is 4.79 Å². The van der Waals surface area contributed by atoms with Gasteiger partial charge in [-0.3, -0.25) is 0 Å². The minimum Gasteiger partial charge on any atom is -0.462 e. The Bertz CT molecular complexity index is 636. The summed E-state index contributed by atoms with van der Waals surface area (Å²) in [6, 6.07) is 13.0. The Morgan fingerprint density at radius 3 is 2.41 bits per heavy atom. The normalized spacial score (nSPS) is 10.4. The first-order chi connectivity index (χ1) is 10.6. The number of unbranched alkanes of at least 4 members (excludes halogenated alkanes) is 1. The van der Waals surface area contributed by atoms with Gasteiger partial charge in [-0.2, -0.15) is 0 Å². The molecule has 0 aliphatic carbocycles. The van der Waals surface area contributed by atoms with Crippen molar-refractivity contribution in [3.63, 3.8) is 0 Å². The summed E-state index contributed by atoms with van der Waals surface area (Å²) in [5, 5.41) is 0. The fraction of sp³-hybridized carbons (Fsp3) is 0.278. The van der Waals surface area contributed by atoms with Gasteiger partial charge in [0.15, 0.2) is 0 Å². The Morgan fingerprint density at radius 2 is 1.73 bits per heavy atom. The van der Waals surface area contributed by atoms with Gasteiger partial charge in [0, 0.05) is 11.4 Å². The van der Waals surface area contributed by atoms with Crippen LogP contribution in [-0.2, 0) is 11.2 Å². The lowest BCUT2D eigenvalue weighted by molar-refractivity contribution is 0.0498. The van der Waals surface area contributed by atoms with Gasteiger partial charge < -0.3 is 16.2 Å². The van der Waals surface area contributed by atoms with Crippen LogP contribution < -0.4 is 11.5 Å². The molecule has 2 aromatic carbocycles. The van der Waals surface area contributed by atoms with Crippen molar-refractivity contribution in [3.8, 4) is 0 Å². The number of hydrogen-bond donors (Lipinski definition) is 2. The van der Waals surface area contributed by atoms with E-state index in [2.05, 4.69) is 6.92 Å². The number of benzene rings is 2. The molecule has 0 saturated carbocycles. The zero-order valence-electron chi connectivity index (χ0n) is 12.8. The third-order valence-corrected chi connectivity index (χ3v) is 3.46. The summed E-state index contributed by atoms with van der Waals surface area (Å²) >= 11 is 0. The Morgan fingerprint density at radius 1 is 1.05 bits per heavy atom. The van der Waals surface area contributed by atoms with Crippen molar-refractivity contribution >= 4 is 17.3 Å². The van der Waals surface area contributed by atoms with Crippen LogP contribution in [0.5, 0.6) is 0 Å². The number of nitrogen functional groups attached to an aromatic ring is 2. The number of ether oxygens (including phenoxy) is 1. The molecule has 0 heterocycles. The highest BCUT2D eigenvalue weighted by Crippen LogP contribution is 2.19. The summed E-state index contributed by atoms with van der Waals surface area (Å²) in [4.78, 5) is 12.2. The van der Waals surface area contributed by atoms with E-state index in [0.717, 1.165) is 29.7 Å². The molecule has 4 nitrogen and oxygen atoms in total. The Kier molecular flexibility index (Phi) is 5.42. The van der Waals surface area contributed by atoms with Crippen LogP contribution in [-0.4, -0.2) is 12.6 Å². The highest BCUT2D eigenvalue weighted by molar-refractivity contribution is 5.92. The lowest BCUT2D eigenvalue weighted by Crippen LogP contribution is -2.10. The van der Waals surface area contributed by atoms with Gasteiger partial charge >= 0.3 is 5.97 Å². The van der Waals surface area contributed by atoms with Gasteiger partial charge in [0.2, 0.25) is 0 Å². The van der Waals surface area contributed by atoms with Gasteiger partial charge in [0.25, 0.3) is 0 Å². The molecule has 22 heavy (non-hydrogen) atoms. The molecule has 0 aliphatic heterocycles. The molecule has 0 aliphatic rings. The van der Waals surface area contributed by atoms with E-state index >= 15 is 0 Å². The second kappa shape index (κ2) is 7.50. The largest absolute Gasteiger partial charge is 0.462 e. The molecule has 0 saturated heterocycles. The lowest BCUT2D eigenvalue weighted by Gasteiger charge is -2.11. The molecule has 0 aromatic heterocycles. The molecule has 4 heteroatoms. The van der Waals surface area contributed by atoms with Gasteiger partial charge in [0.05, 0.1) is 12.2 Å². The van der Waals surface area contributed by atoms with Crippen LogP contribution in [0.2, 0.25) is 0 Å². The van der Waals surface area contributed by atoms with Crippen LogP contribution in [0.25, 0.3) is 0 Å². The van der Waals surface area contributed by atoms with Gasteiger partial charge in [-0.05, 0) is 48.2 Å². The van der Waals surface area contributed by atoms with Gasteiger partial charge in [-0.15, -0.1) is 0 Å². The highest BCUT2D eigenvalue weighted by Gasteiger charge is 2.13. The zero-order chi connectivity index (χ0) is 15.9. The van der Waals surface area contributed by atoms with Crippen molar-refractivity contribution in [2.45, 2.75) is 26.2 Å². The van der Waals surface area contributed by atoms with Crippen molar-refractivity contribution < 1.29 is 9.53 Å². The van der Waals surface area contributed by atoms with Crippen LogP contribution in [0, 0.1) is 0 Å². The average molecular weight is 298 g/mol. The molecule has 0 fully saturated rings. The van der Waals surface area contributed by atoms with E-state index < -0.39 is 0 Å². The fourth-order valence-electron chi connectivity index (χ4n) is 2.18. The topological polar surface area (TPSA) is 78.3 Å². The second-order valence-electron chi connectivity index (χ2n) is 5.32. The summed E-state index contributed by atoms with van der Waals surface area (Å²) in [6.07, 6.45) is 2.49. The number of rotatable bonds is 6. The summed E-state index contributed by atoms with van der Waals surface area (Å²) in [7, 11) is 0. The van der Waals surface area contributed by atoms with E-state index in [9.17, 15) is 4.79 Å². The van der Waals surface area contributed by atoms with Crippen molar-refractivity contribution in [2.24, 2.45) is 0 Å². The molecule has 2 aromatic rings. The number of esters is 1. The summed E-state index contributed by atoms with van der Waals surface area (Å²) in [5.74, 6) is -0.314. The third-order valence-electron chi connectivity index (χ3n) is 3.46. The molecule has 0 spiro atoms. The highest BCUT2D eigenvalue weighted by atomic mass is 16.5. The molecule has 0 amide bonds. The molecule has 4 N–H and O–H groups in total. The Labute approximate surface area is 131 Å². The molecule has 116 valence electrons. The summed E-state index contributed by atoms with van der Waals surface area (Å²) < 4.78 is 5.31. The Balaban J connectivity index is 2.19. The van der Waals surface area contributed by atoms with E-state index in [1.54, 1.807) is 12.1 Å². The molecular weight excluding hydrogens is 276 g/mol. The van der Waals surface area contributed by atoms with Crippen LogP contribution in [0.1, 0.15) is 41.3 Å². The van der Waals surface area contributed by atoms with Gasteiger partial charge in [-0.1, -0.05) is 31.5 Å². The average Bonchev–Trinajstić information content (AvgIpc) is 2.51. The van der Waals surface area contributed by atoms with Crippen molar-refractivity contribution in [3.05, 3.63) is 59.2 Å². The predicted molar refractivity (Wildman–Crippen MR) is 89.7 cm³/mol. The van der Waals surface area contributed by atoms with E-state index in [0.29, 0.717) is 24.3 Å². The third kappa shape index (κ3) is 4.25. The van der Waals surface area contributed by atoms with E-state index in [4.69, 9.17) is 16.2 Å². The first-order valence-corrected chi connectivity index (χ1v) is 7.50. The minimum absolute atomic E-state index is 0.314. The van der Waals surface area contributed by atoms with Crippen molar-refractivity contribution in [1.82, 2.24) is 0 Å². The molecule has 0 radical (unpaired) electrons. The second-order valence-corrected chi connectivity index (χ2v) is 5.32. The number of carbonyl (C=O) groups excluding carboxylic acids is 1. The molecule has 0 bridgehead atoms. The van der Waals surface area contributed by atoms with Gasteiger partial charge in [0.1, 0.15) is 0 Å². The van der Waals surface area contributed by atoms with Crippen LogP contribution >= 0.6 is 0 Å². The minimum atomic E-state index is -0.314. The maximum Gasteiger partial charge on any atom is 0.338 e. The van der Waals surface area contributed by atoms with E-state index in [1.165, 1.54) is 0 Å². The monoisotopic (exact) mass is 298 g/mol. The molecule has 2 rings (SSSR count). The van der Waals surface area contributed by atoms with Crippen LogP contribution in [0.4, 0.5) is 11.4 Å². The fourth-order valence-corrected chi connectivity index (χ4v) is 2.18. The van der Waals surface area contributed by atoms with Crippen molar-refractivity contribution in [1.29, 1.82) is 0 Å². The maximum absolute atomic E-state index is 12.2. The summed E-state index contributed by atoms with van der Waals surface area (Å²) in [6.45, 7) is 2.49. The maximum atomic E-state index is 12.2. The zero-order valence-corrected chi connectivity index (χ0v) is 12.8. The lowest BCUT2D eigenvalue weighted by atomic mass is 9.99. The van der Waals surface area contributed by atoms with E-state index in [1.807, 2.05) is 30.3 Å². The molecule has 0 unspecified atom stereocenters. The number of nitrogens with two attached hydrogens (primary N) is 2. The van der Waals surface area contributed by atoms with Crippen molar-refractivity contribution in [2.75, 3.05) is 18.1 Å².